The summed E-state index contributed by atoms with van der Waals surface area (Å²) in [5.74, 6) is 0.963. The molecule has 0 fully saturated rings. The standard InChI is InChI=1S/C11H14FNO/c12-9-3-4-11-10(6-9)8(7-14-11)2-1-5-13/h3-4,6,8H,1-2,5,7,13H2. The fourth-order valence-electron chi connectivity index (χ4n) is 1.85. The zero-order valence-electron chi connectivity index (χ0n) is 8.00. The van der Waals surface area contributed by atoms with Crippen LogP contribution in [0, 0.1) is 5.82 Å². The molecule has 1 unspecified atom stereocenters. The molecule has 76 valence electrons. The zero-order valence-corrected chi connectivity index (χ0v) is 8.00. The minimum atomic E-state index is -0.188. The summed E-state index contributed by atoms with van der Waals surface area (Å²) in [6.07, 6.45) is 1.94. The van der Waals surface area contributed by atoms with Crippen LogP contribution in [0.3, 0.4) is 0 Å². The van der Waals surface area contributed by atoms with Crippen LogP contribution in [0.15, 0.2) is 18.2 Å². The molecule has 0 saturated heterocycles. The molecular weight excluding hydrogens is 181 g/mol. The predicted octanol–water partition coefficient (Wildman–Crippen LogP) is 2.04. The van der Waals surface area contributed by atoms with Crippen molar-refractivity contribution in [3.05, 3.63) is 29.6 Å². The summed E-state index contributed by atoms with van der Waals surface area (Å²) in [5, 5.41) is 0. The molecule has 14 heavy (non-hydrogen) atoms. The van der Waals surface area contributed by atoms with Crippen molar-refractivity contribution in [1.29, 1.82) is 0 Å². The number of halogens is 1. The van der Waals surface area contributed by atoms with E-state index in [0.717, 1.165) is 24.2 Å². The summed E-state index contributed by atoms with van der Waals surface area (Å²) >= 11 is 0. The Hall–Kier alpha value is -1.09. The Morgan fingerprint density at radius 1 is 1.50 bits per heavy atom. The first-order valence-electron chi connectivity index (χ1n) is 4.93. The molecule has 0 aromatic heterocycles. The summed E-state index contributed by atoms with van der Waals surface area (Å²) in [6.45, 7) is 1.35. The smallest absolute Gasteiger partial charge is 0.123 e. The Kier molecular flexibility index (Phi) is 2.68. The Bertz CT molecular complexity index is 327. The lowest BCUT2D eigenvalue weighted by Gasteiger charge is -2.06. The molecule has 1 aromatic carbocycles. The normalized spacial score (nSPS) is 19.1. The van der Waals surface area contributed by atoms with E-state index in [2.05, 4.69) is 0 Å². The van der Waals surface area contributed by atoms with Gasteiger partial charge < -0.3 is 10.5 Å². The van der Waals surface area contributed by atoms with Crippen LogP contribution in [-0.4, -0.2) is 13.2 Å². The molecule has 1 atom stereocenters. The van der Waals surface area contributed by atoms with Gasteiger partial charge in [-0.3, -0.25) is 0 Å². The van der Waals surface area contributed by atoms with Crippen LogP contribution in [0.1, 0.15) is 24.3 Å². The summed E-state index contributed by atoms with van der Waals surface area (Å²) in [6, 6.07) is 4.71. The molecule has 1 aromatic rings. The first-order valence-corrected chi connectivity index (χ1v) is 4.93. The summed E-state index contributed by atoms with van der Waals surface area (Å²) in [5.41, 5.74) is 6.44. The molecular formula is C11H14FNO. The van der Waals surface area contributed by atoms with Crippen molar-refractivity contribution in [2.75, 3.05) is 13.2 Å². The molecule has 0 saturated carbocycles. The third-order valence-corrected chi connectivity index (χ3v) is 2.61. The number of rotatable bonds is 3. The van der Waals surface area contributed by atoms with E-state index < -0.39 is 0 Å². The van der Waals surface area contributed by atoms with E-state index in [1.54, 1.807) is 12.1 Å². The van der Waals surface area contributed by atoms with Crippen LogP contribution in [0.4, 0.5) is 4.39 Å². The van der Waals surface area contributed by atoms with Crippen molar-refractivity contribution < 1.29 is 9.13 Å². The maximum Gasteiger partial charge on any atom is 0.123 e. The lowest BCUT2D eigenvalue weighted by molar-refractivity contribution is 0.324. The minimum Gasteiger partial charge on any atom is -0.493 e. The van der Waals surface area contributed by atoms with E-state index in [-0.39, 0.29) is 5.82 Å². The highest BCUT2D eigenvalue weighted by Gasteiger charge is 2.23. The van der Waals surface area contributed by atoms with Gasteiger partial charge in [0.1, 0.15) is 11.6 Å². The van der Waals surface area contributed by atoms with Crippen molar-refractivity contribution in [2.45, 2.75) is 18.8 Å². The monoisotopic (exact) mass is 195 g/mol. The zero-order chi connectivity index (χ0) is 9.97. The largest absolute Gasteiger partial charge is 0.493 e. The SMILES string of the molecule is NCCCC1COc2ccc(F)cc21. The highest BCUT2D eigenvalue weighted by atomic mass is 19.1. The Morgan fingerprint density at radius 2 is 2.36 bits per heavy atom. The molecule has 1 heterocycles. The first kappa shape index (κ1) is 9.46. The van der Waals surface area contributed by atoms with Crippen molar-refractivity contribution in [3.8, 4) is 5.75 Å². The van der Waals surface area contributed by atoms with E-state index in [1.165, 1.54) is 6.07 Å². The van der Waals surface area contributed by atoms with Crippen molar-refractivity contribution >= 4 is 0 Å². The average Bonchev–Trinajstić information content (AvgIpc) is 2.57. The van der Waals surface area contributed by atoms with Crippen molar-refractivity contribution in [3.63, 3.8) is 0 Å². The number of hydrogen-bond acceptors (Lipinski definition) is 2. The lowest BCUT2D eigenvalue weighted by atomic mass is 9.96. The van der Waals surface area contributed by atoms with Crippen LogP contribution in [0.25, 0.3) is 0 Å². The van der Waals surface area contributed by atoms with Gasteiger partial charge in [0, 0.05) is 11.5 Å². The second kappa shape index (κ2) is 3.96. The van der Waals surface area contributed by atoms with Gasteiger partial charge in [0.05, 0.1) is 6.61 Å². The molecule has 2 rings (SSSR count). The third kappa shape index (κ3) is 1.73. The molecule has 1 aliphatic heterocycles. The molecule has 0 radical (unpaired) electrons. The first-order chi connectivity index (χ1) is 6.81. The fraction of sp³-hybridized carbons (Fsp3) is 0.455. The van der Waals surface area contributed by atoms with E-state index in [1.807, 2.05) is 0 Å². The number of nitrogens with two attached hydrogens (primary N) is 1. The van der Waals surface area contributed by atoms with Crippen LogP contribution >= 0.6 is 0 Å². The quantitative estimate of drug-likeness (QED) is 0.801. The molecule has 0 bridgehead atoms. The number of hydrogen-bond donors (Lipinski definition) is 1. The van der Waals surface area contributed by atoms with Crippen molar-refractivity contribution in [2.24, 2.45) is 5.73 Å². The highest BCUT2D eigenvalue weighted by Crippen LogP contribution is 2.36. The average molecular weight is 195 g/mol. The van der Waals surface area contributed by atoms with Crippen LogP contribution in [-0.2, 0) is 0 Å². The highest BCUT2D eigenvalue weighted by molar-refractivity contribution is 5.40. The summed E-state index contributed by atoms with van der Waals surface area (Å²) in [4.78, 5) is 0. The van der Waals surface area contributed by atoms with Gasteiger partial charge in [0.2, 0.25) is 0 Å². The maximum atomic E-state index is 13.0. The van der Waals surface area contributed by atoms with Gasteiger partial charge in [-0.25, -0.2) is 4.39 Å². The molecule has 0 aliphatic carbocycles. The van der Waals surface area contributed by atoms with Crippen LogP contribution < -0.4 is 10.5 Å². The number of benzene rings is 1. The maximum absolute atomic E-state index is 13.0. The van der Waals surface area contributed by atoms with Gasteiger partial charge in [-0.2, -0.15) is 0 Å². The van der Waals surface area contributed by atoms with E-state index >= 15 is 0 Å². The molecule has 0 spiro atoms. The second-order valence-corrected chi connectivity index (χ2v) is 3.62. The molecule has 2 N–H and O–H groups in total. The summed E-state index contributed by atoms with van der Waals surface area (Å²) < 4.78 is 18.4. The van der Waals surface area contributed by atoms with Crippen molar-refractivity contribution in [1.82, 2.24) is 0 Å². The minimum absolute atomic E-state index is 0.188. The summed E-state index contributed by atoms with van der Waals surface area (Å²) in [7, 11) is 0. The Balaban J connectivity index is 2.16. The Morgan fingerprint density at radius 3 is 3.14 bits per heavy atom. The number of fused-ring (bicyclic) bond motifs is 1. The second-order valence-electron chi connectivity index (χ2n) is 3.62. The molecule has 2 nitrogen and oxygen atoms in total. The van der Waals surface area contributed by atoms with Gasteiger partial charge in [0.15, 0.2) is 0 Å². The topological polar surface area (TPSA) is 35.2 Å². The van der Waals surface area contributed by atoms with E-state index in [4.69, 9.17) is 10.5 Å². The third-order valence-electron chi connectivity index (χ3n) is 2.61. The van der Waals surface area contributed by atoms with Crippen LogP contribution in [0.2, 0.25) is 0 Å². The molecule has 0 amide bonds. The number of ether oxygens (including phenoxy) is 1. The van der Waals surface area contributed by atoms with Crippen LogP contribution in [0.5, 0.6) is 5.75 Å². The van der Waals surface area contributed by atoms with E-state index in [9.17, 15) is 4.39 Å². The lowest BCUT2D eigenvalue weighted by Crippen LogP contribution is -2.05. The Labute approximate surface area is 82.9 Å². The fourth-order valence-corrected chi connectivity index (χ4v) is 1.85. The van der Waals surface area contributed by atoms with Gasteiger partial charge in [-0.15, -0.1) is 0 Å². The van der Waals surface area contributed by atoms with Gasteiger partial charge in [-0.05, 0) is 37.6 Å². The predicted molar refractivity (Wildman–Crippen MR) is 52.9 cm³/mol. The van der Waals surface area contributed by atoms with Gasteiger partial charge >= 0.3 is 0 Å². The molecule has 3 heteroatoms. The van der Waals surface area contributed by atoms with E-state index in [0.29, 0.717) is 19.1 Å². The van der Waals surface area contributed by atoms with Gasteiger partial charge in [-0.1, -0.05) is 0 Å². The van der Waals surface area contributed by atoms with Gasteiger partial charge in [0.25, 0.3) is 0 Å². The molecule has 1 aliphatic rings.